The molecule has 0 amide bonds. The molecule has 2 unspecified atom stereocenters. The zero-order valence-electron chi connectivity index (χ0n) is 28.8. The number of aromatic nitrogens is 3. The van der Waals surface area contributed by atoms with E-state index in [0.717, 1.165) is 25.8 Å². The van der Waals surface area contributed by atoms with E-state index in [2.05, 4.69) is 33.7 Å². The molecule has 0 aliphatic heterocycles. The first kappa shape index (κ1) is 40.2. The molecule has 0 spiro atoms. The highest BCUT2D eigenvalue weighted by molar-refractivity contribution is 7.85. The van der Waals surface area contributed by atoms with Gasteiger partial charge < -0.3 is 19.3 Å². The summed E-state index contributed by atoms with van der Waals surface area (Å²) in [5.74, 6) is 0.790. The molecule has 0 saturated carbocycles. The average Bonchev–Trinajstić information content (AvgIpc) is 3.07. The van der Waals surface area contributed by atoms with Crippen LogP contribution in [0.4, 0.5) is 0 Å². The van der Waals surface area contributed by atoms with Gasteiger partial charge in [0.05, 0.1) is 19.0 Å². The Labute approximate surface area is 282 Å². The van der Waals surface area contributed by atoms with Crippen LogP contribution >= 0.6 is 0 Å². The third-order valence-electron chi connectivity index (χ3n) is 8.12. The minimum atomic E-state index is -1.11. The largest absolute Gasteiger partial charge is 0.457 e. The molecule has 0 bridgehead atoms. The van der Waals surface area contributed by atoms with Crippen LogP contribution in [0.2, 0.25) is 0 Å². The molecule has 0 aliphatic carbocycles. The molecule has 0 fully saturated rings. The predicted molar refractivity (Wildman–Crippen MR) is 188 cm³/mol. The van der Waals surface area contributed by atoms with Gasteiger partial charge in [-0.25, -0.2) is 14.5 Å². The molecule has 2 aromatic rings. The molecule has 0 aliphatic rings. The standard InChI is InChI=1S/C37H64N3O5S/c1-2-3-4-5-6-7-8-9-10-11-12-13-14-15-16-17-28-44-33-36(45-37-38-23-20-24-39-37)34-46(42)31-30-43-29-26-40-25-18-21-35(32-40)22-19-27-41/h18,20-21,23-25,32,36,41H,2-17,19,22,26-31,33-34H2,1H3/q+1. The first-order valence-electron chi connectivity index (χ1n) is 18.2. The SMILES string of the molecule is CCCCCCCCCCCCCCCCCCOCC(CS(=O)CCOCC[n+]1cccc(CCCO)c1)Oc1ncccn1. The topological polar surface area (TPSA) is 94.7 Å². The Hall–Kier alpha value is -1.94. The van der Waals surface area contributed by atoms with Gasteiger partial charge in [-0.3, -0.25) is 4.21 Å². The maximum absolute atomic E-state index is 12.8. The maximum Gasteiger partial charge on any atom is 0.316 e. The van der Waals surface area contributed by atoms with E-state index in [-0.39, 0.29) is 18.7 Å². The van der Waals surface area contributed by atoms with E-state index in [4.69, 9.17) is 19.3 Å². The number of hydrogen-bond donors (Lipinski definition) is 1. The van der Waals surface area contributed by atoms with Gasteiger partial charge in [0.15, 0.2) is 18.9 Å². The van der Waals surface area contributed by atoms with Gasteiger partial charge >= 0.3 is 6.01 Å². The number of rotatable bonds is 32. The van der Waals surface area contributed by atoms with E-state index in [9.17, 15) is 4.21 Å². The van der Waals surface area contributed by atoms with E-state index >= 15 is 0 Å². The van der Waals surface area contributed by atoms with E-state index in [1.165, 1.54) is 102 Å². The van der Waals surface area contributed by atoms with Crippen LogP contribution in [0.3, 0.4) is 0 Å². The fourth-order valence-corrected chi connectivity index (χ4v) is 6.49. The minimum Gasteiger partial charge on any atom is -0.457 e. The summed E-state index contributed by atoms with van der Waals surface area (Å²) in [6, 6.07) is 6.11. The van der Waals surface area contributed by atoms with Crippen molar-refractivity contribution in [3.05, 3.63) is 48.5 Å². The van der Waals surface area contributed by atoms with Crippen molar-refractivity contribution in [2.24, 2.45) is 0 Å². The maximum atomic E-state index is 12.8. The van der Waals surface area contributed by atoms with Crippen molar-refractivity contribution >= 4 is 10.8 Å². The summed E-state index contributed by atoms with van der Waals surface area (Å²) in [4.78, 5) is 8.33. The van der Waals surface area contributed by atoms with Crippen molar-refractivity contribution in [3.63, 3.8) is 0 Å². The Balaban J connectivity index is 1.51. The zero-order chi connectivity index (χ0) is 32.8. The van der Waals surface area contributed by atoms with Crippen molar-refractivity contribution in [1.82, 2.24) is 9.97 Å². The lowest BCUT2D eigenvalue weighted by Crippen LogP contribution is -2.36. The smallest absolute Gasteiger partial charge is 0.316 e. The number of nitrogens with zero attached hydrogens (tertiary/aromatic N) is 3. The highest BCUT2D eigenvalue weighted by atomic mass is 32.2. The Morgan fingerprint density at radius 1 is 0.783 bits per heavy atom. The molecule has 2 aromatic heterocycles. The average molecular weight is 663 g/mol. The fraction of sp³-hybridized carbons (Fsp3) is 0.757. The van der Waals surface area contributed by atoms with Gasteiger partial charge in [0.2, 0.25) is 0 Å². The molecule has 1 N–H and O–H groups in total. The van der Waals surface area contributed by atoms with Crippen LogP contribution in [-0.2, 0) is 33.2 Å². The normalized spacial score (nSPS) is 12.7. The molecule has 0 aromatic carbocycles. The van der Waals surface area contributed by atoms with Crippen LogP contribution in [-0.4, -0.2) is 69.9 Å². The molecule has 9 heteroatoms. The molecule has 8 nitrogen and oxygen atoms in total. The van der Waals surface area contributed by atoms with Crippen molar-refractivity contribution < 1.29 is 28.1 Å². The van der Waals surface area contributed by atoms with Crippen molar-refractivity contribution in [2.75, 3.05) is 44.5 Å². The highest BCUT2D eigenvalue weighted by Crippen LogP contribution is 2.14. The summed E-state index contributed by atoms with van der Waals surface area (Å²) in [6.45, 7) is 5.23. The Morgan fingerprint density at radius 2 is 1.41 bits per heavy atom. The summed E-state index contributed by atoms with van der Waals surface area (Å²) < 4.78 is 32.6. The van der Waals surface area contributed by atoms with Gasteiger partial charge in [0.25, 0.3) is 0 Å². The number of hydrogen-bond acceptors (Lipinski definition) is 7. The molecular formula is C37H64N3O5S+. The van der Waals surface area contributed by atoms with E-state index in [0.29, 0.717) is 37.9 Å². The second-order valence-corrected chi connectivity index (χ2v) is 14.0. The third-order valence-corrected chi connectivity index (χ3v) is 9.49. The molecule has 46 heavy (non-hydrogen) atoms. The Bertz CT molecular complexity index is 984. The minimum absolute atomic E-state index is 0.200. The molecule has 2 heterocycles. The van der Waals surface area contributed by atoms with Crippen LogP contribution in [0.1, 0.15) is 122 Å². The molecule has 0 saturated heterocycles. The second-order valence-electron chi connectivity index (χ2n) is 12.3. The number of ether oxygens (including phenoxy) is 3. The molecule has 262 valence electrons. The Kier molecular flexibility index (Phi) is 25.6. The van der Waals surface area contributed by atoms with Crippen molar-refractivity contribution in [2.45, 2.75) is 135 Å². The van der Waals surface area contributed by atoms with E-state index in [1.54, 1.807) is 18.5 Å². The first-order chi connectivity index (χ1) is 22.7. The molecule has 2 atom stereocenters. The lowest BCUT2D eigenvalue weighted by molar-refractivity contribution is -0.698. The van der Waals surface area contributed by atoms with Crippen molar-refractivity contribution in [1.29, 1.82) is 0 Å². The van der Waals surface area contributed by atoms with E-state index < -0.39 is 10.8 Å². The highest BCUT2D eigenvalue weighted by Gasteiger charge is 2.17. The van der Waals surface area contributed by atoms with Crippen molar-refractivity contribution in [3.8, 4) is 6.01 Å². The number of aliphatic hydroxyl groups excluding tert-OH is 1. The van der Waals surface area contributed by atoms with Crippen LogP contribution in [0.5, 0.6) is 6.01 Å². The van der Waals surface area contributed by atoms with Gasteiger partial charge in [-0.15, -0.1) is 0 Å². The molecule has 2 rings (SSSR count). The lowest BCUT2D eigenvalue weighted by Gasteiger charge is -2.17. The van der Waals surface area contributed by atoms with Gasteiger partial charge in [-0.05, 0) is 31.4 Å². The fourth-order valence-electron chi connectivity index (χ4n) is 5.44. The third kappa shape index (κ3) is 22.6. The van der Waals surface area contributed by atoms with Gasteiger partial charge in [-0.2, -0.15) is 0 Å². The monoisotopic (exact) mass is 662 g/mol. The molecular weight excluding hydrogens is 598 g/mol. The first-order valence-corrected chi connectivity index (χ1v) is 19.7. The summed E-state index contributed by atoms with van der Waals surface area (Å²) >= 11 is 0. The van der Waals surface area contributed by atoms with Gasteiger partial charge in [0, 0.05) is 53.8 Å². The summed E-state index contributed by atoms with van der Waals surface area (Å²) in [5, 5.41) is 9.05. The van der Waals surface area contributed by atoms with Crippen LogP contribution < -0.4 is 9.30 Å². The van der Waals surface area contributed by atoms with Crippen LogP contribution in [0, 0.1) is 0 Å². The van der Waals surface area contributed by atoms with Gasteiger partial charge in [0.1, 0.15) is 12.7 Å². The van der Waals surface area contributed by atoms with Gasteiger partial charge in [-0.1, -0.05) is 103 Å². The summed E-state index contributed by atoms with van der Waals surface area (Å²) in [6.07, 6.45) is 30.2. The quantitative estimate of drug-likeness (QED) is 0.0655. The number of aryl methyl sites for hydroxylation is 1. The lowest BCUT2D eigenvalue weighted by atomic mass is 10.0. The predicted octanol–water partition coefficient (Wildman–Crippen LogP) is 7.18. The number of unbranched alkanes of at least 4 members (excludes halogenated alkanes) is 15. The second kappa shape index (κ2) is 29.2. The van der Waals surface area contributed by atoms with Crippen LogP contribution in [0.25, 0.3) is 0 Å². The van der Waals surface area contributed by atoms with Crippen LogP contribution in [0.15, 0.2) is 43.0 Å². The number of pyridine rings is 1. The number of aliphatic hydroxyl groups is 1. The summed E-state index contributed by atoms with van der Waals surface area (Å²) in [7, 11) is -1.11. The Morgan fingerprint density at radius 3 is 2.04 bits per heavy atom. The summed E-state index contributed by atoms with van der Waals surface area (Å²) in [5.41, 5.74) is 1.20. The molecule has 0 radical (unpaired) electrons. The van der Waals surface area contributed by atoms with E-state index in [1.807, 2.05) is 12.3 Å². The zero-order valence-corrected chi connectivity index (χ0v) is 29.7.